The molecule has 0 bridgehead atoms. The van der Waals surface area contributed by atoms with Crippen LogP contribution in [0.25, 0.3) is 10.8 Å². The van der Waals surface area contributed by atoms with Gasteiger partial charge in [-0.1, -0.05) is 36.1 Å². The molecule has 0 spiro atoms. The van der Waals surface area contributed by atoms with Crippen molar-refractivity contribution in [3.63, 3.8) is 0 Å². The lowest BCUT2D eigenvalue weighted by Crippen LogP contribution is -2.14. The van der Waals surface area contributed by atoms with E-state index in [1.807, 2.05) is 6.92 Å². The second-order valence-corrected chi connectivity index (χ2v) is 8.77. The Bertz CT molecular complexity index is 1210. The van der Waals surface area contributed by atoms with E-state index in [0.717, 1.165) is 38.2 Å². The quantitative estimate of drug-likeness (QED) is 0.213. The van der Waals surface area contributed by atoms with Gasteiger partial charge in [0.2, 0.25) is 0 Å². The summed E-state index contributed by atoms with van der Waals surface area (Å²) in [5.74, 6) is 3.00. The average molecular weight is 451 g/mol. The van der Waals surface area contributed by atoms with Crippen LogP contribution < -0.4 is 0 Å². The van der Waals surface area contributed by atoms with Gasteiger partial charge in [-0.3, -0.25) is 0 Å². The van der Waals surface area contributed by atoms with E-state index in [0.29, 0.717) is 22.4 Å². The van der Waals surface area contributed by atoms with Crippen molar-refractivity contribution >= 4 is 10.8 Å². The van der Waals surface area contributed by atoms with Gasteiger partial charge in [0, 0.05) is 10.9 Å². The Labute approximate surface area is 192 Å². The van der Waals surface area contributed by atoms with Crippen LogP contribution in [-0.4, -0.2) is 0 Å². The second-order valence-electron chi connectivity index (χ2n) is 8.77. The number of rotatable bonds is 4. The van der Waals surface area contributed by atoms with Gasteiger partial charge >= 0.3 is 0 Å². The van der Waals surface area contributed by atoms with Crippen molar-refractivity contribution in [1.29, 1.82) is 0 Å². The van der Waals surface area contributed by atoms with Crippen molar-refractivity contribution in [2.75, 3.05) is 0 Å². The van der Waals surface area contributed by atoms with E-state index in [1.54, 1.807) is 6.07 Å². The second kappa shape index (κ2) is 10.3. The van der Waals surface area contributed by atoms with Crippen molar-refractivity contribution in [3.8, 4) is 11.8 Å². The van der Waals surface area contributed by atoms with Crippen LogP contribution in [0.15, 0.2) is 54.6 Å². The van der Waals surface area contributed by atoms with E-state index in [9.17, 15) is 17.6 Å². The molecule has 0 N–H and O–H groups in total. The van der Waals surface area contributed by atoms with Gasteiger partial charge in [-0.25, -0.2) is 17.6 Å². The van der Waals surface area contributed by atoms with E-state index in [4.69, 9.17) is 0 Å². The molecule has 0 aromatic heterocycles. The molecule has 1 fully saturated rings. The van der Waals surface area contributed by atoms with Crippen molar-refractivity contribution in [2.24, 2.45) is 5.92 Å². The maximum absolute atomic E-state index is 14.8. The molecular weight excluding hydrogens is 424 g/mol. The summed E-state index contributed by atoms with van der Waals surface area (Å²) in [6, 6.07) is 9.82. The topological polar surface area (TPSA) is 0 Å². The van der Waals surface area contributed by atoms with Crippen LogP contribution in [0.1, 0.15) is 68.1 Å². The largest absolute Gasteiger partial charge is 0.206 e. The maximum Gasteiger partial charge on any atom is 0.166 e. The lowest BCUT2D eigenvalue weighted by Gasteiger charge is -2.28. The Morgan fingerprint density at radius 2 is 1.58 bits per heavy atom. The molecule has 1 saturated carbocycles. The summed E-state index contributed by atoms with van der Waals surface area (Å²) in [6.45, 7) is 2.03. The number of halogens is 4. The van der Waals surface area contributed by atoms with Crippen LogP contribution in [0, 0.1) is 41.0 Å². The van der Waals surface area contributed by atoms with Crippen LogP contribution in [-0.2, 0) is 0 Å². The fraction of sp³-hybridized carbons (Fsp3) is 0.310. The molecule has 1 aliphatic carbocycles. The molecule has 1 aliphatic rings. The van der Waals surface area contributed by atoms with Crippen LogP contribution in [0.3, 0.4) is 0 Å². The zero-order chi connectivity index (χ0) is 23.4. The fourth-order valence-electron chi connectivity index (χ4n) is 4.71. The Morgan fingerprint density at radius 3 is 2.27 bits per heavy atom. The van der Waals surface area contributed by atoms with E-state index >= 15 is 0 Å². The summed E-state index contributed by atoms with van der Waals surface area (Å²) in [5, 5.41) is 0.608. The average Bonchev–Trinajstić information content (AvgIpc) is 2.81. The smallest absolute Gasteiger partial charge is 0.166 e. The minimum Gasteiger partial charge on any atom is -0.206 e. The summed E-state index contributed by atoms with van der Waals surface area (Å²) >= 11 is 0. The minimum atomic E-state index is -0.925. The number of hydrogen-bond donors (Lipinski definition) is 0. The summed E-state index contributed by atoms with van der Waals surface area (Å²) in [7, 11) is 0. The van der Waals surface area contributed by atoms with Gasteiger partial charge in [-0.15, -0.1) is 0 Å². The molecule has 0 heterocycles. The molecule has 0 unspecified atom stereocenters. The first-order valence-electron chi connectivity index (χ1n) is 11.5. The van der Waals surface area contributed by atoms with Gasteiger partial charge < -0.3 is 0 Å². The normalized spacial score (nSPS) is 18.5. The van der Waals surface area contributed by atoms with E-state index in [-0.39, 0.29) is 16.9 Å². The SMILES string of the molecule is C/C=C/CCC1CCC(c2cc(F)c(C#Cc3ccc4c(F)c(F)ccc4c3)c(F)c2)CC1. The molecular formula is C29H26F4. The Hall–Kier alpha value is -3.06. The highest BCUT2D eigenvalue weighted by atomic mass is 19.2. The number of hydrogen-bond acceptors (Lipinski definition) is 0. The maximum atomic E-state index is 14.8. The monoisotopic (exact) mass is 450 g/mol. The third-order valence-electron chi connectivity index (χ3n) is 6.60. The molecule has 4 rings (SSSR count). The van der Waals surface area contributed by atoms with Crippen LogP contribution >= 0.6 is 0 Å². The van der Waals surface area contributed by atoms with E-state index in [1.165, 1.54) is 36.8 Å². The highest BCUT2D eigenvalue weighted by Crippen LogP contribution is 2.38. The molecule has 0 saturated heterocycles. The van der Waals surface area contributed by atoms with Crippen LogP contribution in [0.4, 0.5) is 17.6 Å². The molecule has 3 aromatic rings. The van der Waals surface area contributed by atoms with Gasteiger partial charge in [0.1, 0.15) is 11.6 Å². The Kier molecular flexibility index (Phi) is 7.18. The zero-order valence-corrected chi connectivity index (χ0v) is 18.6. The summed E-state index contributed by atoms with van der Waals surface area (Å²) in [4.78, 5) is 0. The predicted octanol–water partition coefficient (Wildman–Crippen LogP) is 8.43. The van der Waals surface area contributed by atoms with Crippen molar-refractivity contribution in [3.05, 3.63) is 94.6 Å². The number of benzene rings is 3. The molecule has 4 heteroatoms. The first-order chi connectivity index (χ1) is 16.0. The predicted molar refractivity (Wildman–Crippen MR) is 125 cm³/mol. The highest BCUT2D eigenvalue weighted by molar-refractivity contribution is 5.84. The first-order valence-corrected chi connectivity index (χ1v) is 11.5. The molecule has 0 atom stereocenters. The highest BCUT2D eigenvalue weighted by Gasteiger charge is 2.23. The van der Waals surface area contributed by atoms with Crippen LogP contribution in [0.2, 0.25) is 0 Å². The third kappa shape index (κ3) is 5.30. The number of allylic oxidation sites excluding steroid dienone is 2. The van der Waals surface area contributed by atoms with Crippen molar-refractivity contribution in [2.45, 2.75) is 51.4 Å². The van der Waals surface area contributed by atoms with Gasteiger partial charge in [-0.2, -0.15) is 0 Å². The lowest BCUT2D eigenvalue weighted by molar-refractivity contribution is 0.311. The molecule has 0 amide bonds. The Morgan fingerprint density at radius 1 is 0.848 bits per heavy atom. The molecule has 0 aliphatic heterocycles. The van der Waals surface area contributed by atoms with Gasteiger partial charge in [-0.05, 0) is 98.6 Å². The summed E-state index contributed by atoms with van der Waals surface area (Å²) in [5.41, 5.74) is 0.891. The van der Waals surface area contributed by atoms with Gasteiger partial charge in [0.05, 0.1) is 5.56 Å². The molecule has 0 nitrogen and oxygen atoms in total. The third-order valence-corrected chi connectivity index (χ3v) is 6.60. The van der Waals surface area contributed by atoms with Crippen molar-refractivity contribution in [1.82, 2.24) is 0 Å². The van der Waals surface area contributed by atoms with Gasteiger partial charge in [0.25, 0.3) is 0 Å². The fourth-order valence-corrected chi connectivity index (χ4v) is 4.71. The zero-order valence-electron chi connectivity index (χ0n) is 18.6. The molecule has 3 aromatic carbocycles. The number of fused-ring (bicyclic) bond motifs is 1. The lowest BCUT2D eigenvalue weighted by atomic mass is 9.77. The molecule has 0 radical (unpaired) electrons. The standard InChI is InChI=1S/C29H26F4/c1-2-3-4-5-19-6-10-21(11-7-19)23-17-27(31)25(28(32)18-23)14-9-20-8-13-24-22(16-20)12-15-26(30)29(24)33/h2-3,8,12-13,15-19,21H,4-7,10-11H2,1H3/b3-2+. The molecule has 33 heavy (non-hydrogen) atoms. The van der Waals surface area contributed by atoms with E-state index in [2.05, 4.69) is 24.0 Å². The minimum absolute atomic E-state index is 0.138. The van der Waals surface area contributed by atoms with Gasteiger partial charge in [0.15, 0.2) is 11.6 Å². The summed E-state index contributed by atoms with van der Waals surface area (Å²) in [6.07, 6.45) is 10.6. The Balaban J connectivity index is 1.49. The van der Waals surface area contributed by atoms with E-state index < -0.39 is 23.3 Å². The first kappa shape index (κ1) is 23.1. The summed E-state index contributed by atoms with van der Waals surface area (Å²) < 4.78 is 56.7. The molecule has 170 valence electrons. The van der Waals surface area contributed by atoms with Crippen LogP contribution in [0.5, 0.6) is 0 Å². The van der Waals surface area contributed by atoms with Crippen molar-refractivity contribution < 1.29 is 17.6 Å².